The van der Waals surface area contributed by atoms with Crippen LogP contribution in [0.15, 0.2) is 33.1 Å². The van der Waals surface area contributed by atoms with E-state index < -0.39 is 0 Å². The molecule has 0 N–H and O–H groups in total. The highest BCUT2D eigenvalue weighted by Crippen LogP contribution is 2.26. The Morgan fingerprint density at radius 1 is 1.14 bits per heavy atom. The summed E-state index contributed by atoms with van der Waals surface area (Å²) in [6.07, 6.45) is 2.79. The van der Waals surface area contributed by atoms with Gasteiger partial charge in [-0.2, -0.15) is 9.98 Å². The van der Waals surface area contributed by atoms with Crippen molar-refractivity contribution >= 4 is 36.2 Å². The van der Waals surface area contributed by atoms with E-state index in [1.807, 2.05) is 0 Å². The van der Waals surface area contributed by atoms with Gasteiger partial charge in [-0.3, -0.25) is 0 Å². The molecule has 1 aromatic rings. The van der Waals surface area contributed by atoms with Gasteiger partial charge < -0.3 is 0 Å². The van der Waals surface area contributed by atoms with Gasteiger partial charge in [0.25, 0.3) is 0 Å². The molecule has 0 saturated heterocycles. The predicted octanol–water partition coefficient (Wildman–Crippen LogP) is 2.55. The van der Waals surface area contributed by atoms with Crippen LogP contribution in [0.25, 0.3) is 0 Å². The Balaban J connectivity index is 0.00000169. The van der Waals surface area contributed by atoms with E-state index in [2.05, 4.69) is 22.6 Å². The molecule has 0 fully saturated rings. The molecule has 5 heteroatoms. The molecule has 1 aromatic carbocycles. The van der Waals surface area contributed by atoms with E-state index in [1.165, 1.54) is 30.4 Å². The first kappa shape index (κ1) is 12.3. The number of nitrogens with zero attached hydrogens (tertiary/aromatic N) is 2. The van der Waals surface area contributed by atoms with Crippen LogP contribution in [0, 0.1) is 0 Å². The Morgan fingerprint density at radius 3 is 2.29 bits per heavy atom. The normalized spacial score (nSPS) is 7.79. The van der Waals surface area contributed by atoms with Crippen LogP contribution in [-0.2, 0) is 9.59 Å². The topological polar surface area (TPSA) is 58.9 Å². The van der Waals surface area contributed by atoms with Gasteiger partial charge in [0.2, 0.25) is 12.2 Å². The van der Waals surface area contributed by atoms with Gasteiger partial charge in [0, 0.05) is 4.90 Å². The molecule has 0 aromatic heterocycles. The van der Waals surface area contributed by atoms with Crippen molar-refractivity contribution in [3.05, 3.63) is 18.2 Å². The summed E-state index contributed by atoms with van der Waals surface area (Å²) < 4.78 is 0. The van der Waals surface area contributed by atoms with Gasteiger partial charge in [0.15, 0.2) is 0 Å². The maximum absolute atomic E-state index is 9.93. The third kappa shape index (κ3) is 2.99. The van der Waals surface area contributed by atoms with Crippen molar-refractivity contribution in [1.29, 1.82) is 0 Å². The molecule has 0 bridgehead atoms. The number of hydrogen-bond donors (Lipinski definition) is 1. The average molecular weight is 208 g/mol. The smallest absolute Gasteiger partial charge is 0.211 e. The van der Waals surface area contributed by atoms with E-state index >= 15 is 0 Å². The van der Waals surface area contributed by atoms with Crippen LogP contribution >= 0.6 is 12.6 Å². The van der Waals surface area contributed by atoms with Crippen LogP contribution in [0.2, 0.25) is 0 Å². The Bertz CT molecular complexity index is 419. The molecule has 0 atom stereocenters. The van der Waals surface area contributed by atoms with E-state index in [-0.39, 0.29) is 7.43 Å². The number of isocyanates is 2. The van der Waals surface area contributed by atoms with Crippen molar-refractivity contribution in [2.45, 2.75) is 12.3 Å². The van der Waals surface area contributed by atoms with Crippen LogP contribution in [0.5, 0.6) is 0 Å². The first-order valence-corrected chi connectivity index (χ1v) is 3.71. The fourth-order valence-electron chi connectivity index (χ4n) is 0.778. The summed E-state index contributed by atoms with van der Waals surface area (Å²) in [5.74, 6) is 0. The second-order valence-electron chi connectivity index (χ2n) is 2.08. The molecular formula is C9H8N2O2S. The highest BCUT2D eigenvalue weighted by Gasteiger charge is 1.97. The molecule has 0 aliphatic carbocycles. The lowest BCUT2D eigenvalue weighted by atomic mass is 10.3. The van der Waals surface area contributed by atoms with E-state index in [1.54, 1.807) is 0 Å². The summed E-state index contributed by atoms with van der Waals surface area (Å²) in [5.41, 5.74) is 0.813. The molecule has 14 heavy (non-hydrogen) atoms. The Hall–Kier alpha value is -1.67. The van der Waals surface area contributed by atoms with Crippen LogP contribution in [0.1, 0.15) is 7.43 Å². The maximum Gasteiger partial charge on any atom is 0.240 e. The standard InChI is InChI=1S/C8H4N2O2S.CH4/c11-4-9-6-1-2-7(10-5-12)8(13)3-6;/h1-3,13H;1H4. The number of thiol groups is 1. The van der Waals surface area contributed by atoms with Crippen molar-refractivity contribution in [3.63, 3.8) is 0 Å². The summed E-state index contributed by atoms with van der Waals surface area (Å²) in [6, 6.07) is 4.55. The lowest BCUT2D eigenvalue weighted by Crippen LogP contribution is -1.69. The molecule has 72 valence electrons. The first-order chi connectivity index (χ1) is 6.27. The van der Waals surface area contributed by atoms with Crippen molar-refractivity contribution < 1.29 is 9.59 Å². The van der Waals surface area contributed by atoms with Crippen LogP contribution in [0.3, 0.4) is 0 Å². The zero-order valence-corrected chi connectivity index (χ0v) is 7.28. The fraction of sp³-hybridized carbons (Fsp3) is 0.111. The first-order valence-electron chi connectivity index (χ1n) is 3.26. The molecule has 0 aliphatic heterocycles. The van der Waals surface area contributed by atoms with Gasteiger partial charge in [-0.05, 0) is 18.2 Å². The zero-order chi connectivity index (χ0) is 9.68. The van der Waals surface area contributed by atoms with Crippen LogP contribution in [-0.4, -0.2) is 12.2 Å². The highest BCUT2D eigenvalue weighted by molar-refractivity contribution is 7.80. The predicted molar refractivity (Wildman–Crippen MR) is 56.0 cm³/mol. The van der Waals surface area contributed by atoms with Gasteiger partial charge in [-0.15, -0.1) is 12.6 Å². The van der Waals surface area contributed by atoms with Crippen LogP contribution in [0.4, 0.5) is 11.4 Å². The van der Waals surface area contributed by atoms with E-state index in [0.717, 1.165) is 0 Å². The minimum atomic E-state index is 0. The third-order valence-electron chi connectivity index (χ3n) is 1.30. The molecule has 4 nitrogen and oxygen atoms in total. The summed E-state index contributed by atoms with van der Waals surface area (Å²) in [4.78, 5) is 27.0. The Morgan fingerprint density at radius 2 is 1.79 bits per heavy atom. The quantitative estimate of drug-likeness (QED) is 0.461. The molecule has 0 radical (unpaired) electrons. The summed E-state index contributed by atoms with van der Waals surface area (Å²) in [5, 5.41) is 0. The van der Waals surface area contributed by atoms with Crippen LogP contribution < -0.4 is 0 Å². The van der Waals surface area contributed by atoms with Gasteiger partial charge in [0.1, 0.15) is 0 Å². The number of carbonyl (C=O) groups excluding carboxylic acids is 2. The van der Waals surface area contributed by atoms with E-state index in [0.29, 0.717) is 16.3 Å². The molecule has 1 rings (SSSR count). The summed E-state index contributed by atoms with van der Waals surface area (Å²) in [6.45, 7) is 0. The number of benzene rings is 1. The monoisotopic (exact) mass is 208 g/mol. The third-order valence-corrected chi connectivity index (χ3v) is 1.66. The van der Waals surface area contributed by atoms with Crippen molar-refractivity contribution in [1.82, 2.24) is 0 Å². The number of rotatable bonds is 2. The van der Waals surface area contributed by atoms with Gasteiger partial charge in [0.05, 0.1) is 11.4 Å². The SMILES string of the molecule is C.O=C=Nc1ccc(N=C=O)c(S)c1. The van der Waals surface area contributed by atoms with Crippen molar-refractivity contribution in [3.8, 4) is 0 Å². The minimum Gasteiger partial charge on any atom is -0.211 e. The Kier molecular flexibility index (Phi) is 5.19. The molecule has 0 heterocycles. The molecule has 0 saturated carbocycles. The number of aliphatic imine (C=N–C) groups is 2. The average Bonchev–Trinajstić information content (AvgIpc) is 2.10. The largest absolute Gasteiger partial charge is 0.240 e. The molecule has 0 aliphatic rings. The van der Waals surface area contributed by atoms with Crippen molar-refractivity contribution in [2.75, 3.05) is 0 Å². The molecular weight excluding hydrogens is 200 g/mol. The zero-order valence-electron chi connectivity index (χ0n) is 6.39. The van der Waals surface area contributed by atoms with Gasteiger partial charge in [-0.25, -0.2) is 9.59 Å². The van der Waals surface area contributed by atoms with Crippen molar-refractivity contribution in [2.24, 2.45) is 9.98 Å². The summed E-state index contributed by atoms with van der Waals surface area (Å²) >= 11 is 4.03. The molecule has 0 unspecified atom stereocenters. The number of hydrogen-bond acceptors (Lipinski definition) is 5. The second kappa shape index (κ2) is 5.89. The van der Waals surface area contributed by atoms with E-state index in [9.17, 15) is 9.59 Å². The maximum atomic E-state index is 9.93. The molecule has 0 spiro atoms. The minimum absolute atomic E-state index is 0. The second-order valence-corrected chi connectivity index (χ2v) is 2.56. The lowest BCUT2D eigenvalue weighted by molar-refractivity contribution is 0.564. The van der Waals surface area contributed by atoms with E-state index in [4.69, 9.17) is 0 Å². The Labute approximate surface area is 86.8 Å². The fourth-order valence-corrected chi connectivity index (χ4v) is 1.03. The summed E-state index contributed by atoms with van der Waals surface area (Å²) in [7, 11) is 0. The van der Waals surface area contributed by atoms with Gasteiger partial charge >= 0.3 is 0 Å². The highest BCUT2D eigenvalue weighted by atomic mass is 32.1. The molecule has 0 amide bonds. The lowest BCUT2D eigenvalue weighted by Gasteiger charge is -1.96. The van der Waals surface area contributed by atoms with Gasteiger partial charge in [-0.1, -0.05) is 7.43 Å².